The number of nitro benzene ring substituents is 1. The highest BCUT2D eigenvalue weighted by Crippen LogP contribution is 2.26. The van der Waals surface area contributed by atoms with Crippen molar-refractivity contribution in [3.05, 3.63) is 46.4 Å². The van der Waals surface area contributed by atoms with Crippen molar-refractivity contribution in [2.45, 2.75) is 0 Å². The third-order valence-corrected chi connectivity index (χ3v) is 2.00. The van der Waals surface area contributed by atoms with Crippen LogP contribution in [0.3, 0.4) is 0 Å². The Kier molecular flexibility index (Phi) is 2.69. The first-order chi connectivity index (χ1) is 8.08. The maximum absolute atomic E-state index is 13.4. The average Bonchev–Trinajstić information content (AvgIpc) is 2.75. The number of hydrogen-bond acceptors (Lipinski definition) is 4. The van der Waals surface area contributed by atoms with E-state index in [1.165, 1.54) is 12.5 Å². The van der Waals surface area contributed by atoms with Crippen LogP contribution in [0.15, 0.2) is 24.7 Å². The molecule has 0 unspecified atom stereocenters. The molecule has 0 fully saturated rings. The molecule has 88 valence electrons. The molecule has 0 bridgehead atoms. The number of hydrogen-bond donors (Lipinski definition) is 2. The molecule has 8 heteroatoms. The van der Waals surface area contributed by atoms with Gasteiger partial charge in [0.1, 0.15) is 11.5 Å². The lowest BCUT2D eigenvalue weighted by Crippen LogP contribution is -2.00. The predicted octanol–water partition coefficient (Wildman–Crippen LogP) is 2.34. The lowest BCUT2D eigenvalue weighted by Gasteiger charge is -2.06. The van der Waals surface area contributed by atoms with Crippen molar-refractivity contribution in [3.8, 4) is 0 Å². The van der Waals surface area contributed by atoms with Crippen molar-refractivity contribution < 1.29 is 13.7 Å². The minimum atomic E-state index is -1.05. The molecule has 0 amide bonds. The van der Waals surface area contributed by atoms with Crippen molar-refractivity contribution in [1.29, 1.82) is 0 Å². The molecule has 1 aromatic carbocycles. The fraction of sp³-hybridized carbons (Fsp3) is 0. The highest BCUT2D eigenvalue weighted by atomic mass is 19.1. The monoisotopic (exact) mass is 240 g/mol. The molecular formula is C9H6F2N4O2. The maximum atomic E-state index is 13.4. The van der Waals surface area contributed by atoms with Crippen molar-refractivity contribution in [2.75, 3.05) is 5.32 Å². The number of nitrogens with one attached hydrogen (secondary N) is 2. The van der Waals surface area contributed by atoms with Gasteiger partial charge in [-0.15, -0.1) is 0 Å². The predicted molar refractivity (Wildman–Crippen MR) is 54.9 cm³/mol. The Morgan fingerprint density at radius 2 is 2.00 bits per heavy atom. The molecule has 0 aliphatic rings. The van der Waals surface area contributed by atoms with Crippen LogP contribution in [0.5, 0.6) is 0 Å². The molecule has 0 aliphatic carbocycles. The Hall–Kier alpha value is -2.51. The molecule has 2 aromatic rings. The maximum Gasteiger partial charge on any atom is 0.275 e. The third-order valence-electron chi connectivity index (χ3n) is 2.00. The average molecular weight is 240 g/mol. The Labute approximate surface area is 93.5 Å². The zero-order chi connectivity index (χ0) is 12.4. The fourth-order valence-electron chi connectivity index (χ4n) is 1.24. The van der Waals surface area contributed by atoms with Gasteiger partial charge in [-0.05, 0) is 0 Å². The van der Waals surface area contributed by atoms with Gasteiger partial charge in [0.25, 0.3) is 5.69 Å². The molecular weight excluding hydrogens is 234 g/mol. The molecule has 1 aromatic heterocycles. The van der Waals surface area contributed by atoms with Gasteiger partial charge in [-0.3, -0.25) is 10.1 Å². The summed E-state index contributed by atoms with van der Waals surface area (Å²) in [6.07, 6.45) is 2.64. The summed E-state index contributed by atoms with van der Waals surface area (Å²) < 4.78 is 26.8. The third kappa shape index (κ3) is 2.19. The number of nitro groups is 1. The number of H-pyrrole nitrogens is 1. The summed E-state index contributed by atoms with van der Waals surface area (Å²) in [5.41, 5.74) is -1.12. The Morgan fingerprint density at radius 3 is 2.47 bits per heavy atom. The number of nitrogens with zero attached hydrogens (tertiary/aromatic N) is 2. The summed E-state index contributed by atoms with van der Waals surface area (Å²) in [5.74, 6) is -1.82. The van der Waals surface area contributed by atoms with Crippen LogP contribution in [-0.4, -0.2) is 14.9 Å². The number of non-ortho nitro benzene ring substituents is 1. The molecule has 2 rings (SSSR count). The van der Waals surface area contributed by atoms with Gasteiger partial charge in [0.15, 0.2) is 11.6 Å². The van der Waals surface area contributed by atoms with E-state index < -0.39 is 27.9 Å². The van der Waals surface area contributed by atoms with Crippen LogP contribution in [0, 0.1) is 21.7 Å². The molecule has 6 nitrogen and oxygen atoms in total. The van der Waals surface area contributed by atoms with Gasteiger partial charge in [0.2, 0.25) is 0 Å². The van der Waals surface area contributed by atoms with Crippen LogP contribution in [0.25, 0.3) is 0 Å². The van der Waals surface area contributed by atoms with E-state index in [2.05, 4.69) is 15.3 Å². The zero-order valence-corrected chi connectivity index (χ0v) is 8.28. The molecule has 0 atom stereocenters. The highest BCUT2D eigenvalue weighted by Gasteiger charge is 2.17. The van der Waals surface area contributed by atoms with Gasteiger partial charge in [-0.1, -0.05) is 0 Å². The van der Waals surface area contributed by atoms with E-state index in [1.54, 1.807) is 0 Å². The molecule has 0 saturated carbocycles. The second-order valence-corrected chi connectivity index (χ2v) is 3.13. The number of aromatic amines is 1. The lowest BCUT2D eigenvalue weighted by molar-refractivity contribution is -0.385. The standard InChI is InChI=1S/C9H6F2N4O2/c10-6-1-5(15(16)17)2-7(11)9(6)14-8-3-12-4-13-8/h1-4,14H,(H,12,13). The first kappa shape index (κ1) is 11.0. The van der Waals surface area contributed by atoms with Gasteiger partial charge in [0.05, 0.1) is 29.6 Å². The van der Waals surface area contributed by atoms with E-state index in [-0.39, 0.29) is 5.82 Å². The summed E-state index contributed by atoms with van der Waals surface area (Å²) >= 11 is 0. The minimum Gasteiger partial charge on any atom is -0.336 e. The smallest absolute Gasteiger partial charge is 0.275 e. The number of anilines is 2. The minimum absolute atomic E-state index is 0.275. The van der Waals surface area contributed by atoms with Gasteiger partial charge in [-0.2, -0.15) is 0 Å². The molecule has 0 aliphatic heterocycles. The zero-order valence-electron chi connectivity index (χ0n) is 8.28. The molecule has 1 heterocycles. The van der Waals surface area contributed by atoms with Gasteiger partial charge in [0, 0.05) is 0 Å². The van der Waals surface area contributed by atoms with Gasteiger partial charge < -0.3 is 10.3 Å². The number of imidazole rings is 1. The van der Waals surface area contributed by atoms with E-state index in [4.69, 9.17) is 0 Å². The molecule has 0 saturated heterocycles. The summed E-state index contributed by atoms with van der Waals surface area (Å²) in [6.45, 7) is 0. The summed E-state index contributed by atoms with van der Waals surface area (Å²) in [7, 11) is 0. The Bertz CT molecular complexity index is 533. The topological polar surface area (TPSA) is 83.8 Å². The van der Waals surface area contributed by atoms with Gasteiger partial charge in [-0.25, -0.2) is 13.8 Å². The normalized spacial score (nSPS) is 10.2. The van der Waals surface area contributed by atoms with E-state index in [0.29, 0.717) is 12.1 Å². The van der Waals surface area contributed by atoms with Gasteiger partial charge >= 0.3 is 0 Å². The Morgan fingerprint density at radius 1 is 1.35 bits per heavy atom. The number of halogens is 2. The fourth-order valence-corrected chi connectivity index (χ4v) is 1.24. The van der Waals surface area contributed by atoms with Crippen molar-refractivity contribution in [1.82, 2.24) is 9.97 Å². The largest absolute Gasteiger partial charge is 0.336 e. The first-order valence-electron chi connectivity index (χ1n) is 4.47. The van der Waals surface area contributed by atoms with Crippen LogP contribution >= 0.6 is 0 Å². The number of benzene rings is 1. The molecule has 0 spiro atoms. The van der Waals surface area contributed by atoms with E-state index in [1.807, 2.05) is 0 Å². The van der Waals surface area contributed by atoms with Crippen molar-refractivity contribution in [3.63, 3.8) is 0 Å². The number of rotatable bonds is 3. The quantitative estimate of drug-likeness (QED) is 0.637. The molecule has 17 heavy (non-hydrogen) atoms. The van der Waals surface area contributed by atoms with Crippen LogP contribution in [0.4, 0.5) is 26.0 Å². The molecule has 0 radical (unpaired) electrons. The van der Waals surface area contributed by atoms with Crippen molar-refractivity contribution in [2.24, 2.45) is 0 Å². The van der Waals surface area contributed by atoms with E-state index in [9.17, 15) is 18.9 Å². The summed E-state index contributed by atoms with van der Waals surface area (Å²) in [5, 5.41) is 12.8. The Balaban J connectivity index is 2.38. The van der Waals surface area contributed by atoms with Crippen LogP contribution in [-0.2, 0) is 0 Å². The summed E-state index contributed by atoms with van der Waals surface area (Å²) in [6, 6.07) is 1.28. The van der Waals surface area contributed by atoms with Crippen molar-refractivity contribution >= 4 is 17.2 Å². The van der Waals surface area contributed by atoms with E-state index >= 15 is 0 Å². The highest BCUT2D eigenvalue weighted by molar-refractivity contribution is 5.59. The van der Waals surface area contributed by atoms with Crippen LogP contribution < -0.4 is 5.32 Å². The van der Waals surface area contributed by atoms with E-state index in [0.717, 1.165) is 0 Å². The number of aromatic nitrogens is 2. The second-order valence-electron chi connectivity index (χ2n) is 3.13. The second kappa shape index (κ2) is 4.16. The van der Waals surface area contributed by atoms with Crippen LogP contribution in [0.2, 0.25) is 0 Å². The van der Waals surface area contributed by atoms with Crippen LogP contribution in [0.1, 0.15) is 0 Å². The SMILES string of the molecule is O=[N+]([O-])c1cc(F)c(Nc2cnc[nH]2)c(F)c1. The lowest BCUT2D eigenvalue weighted by atomic mass is 10.2. The first-order valence-corrected chi connectivity index (χ1v) is 4.47. The molecule has 2 N–H and O–H groups in total. The summed E-state index contributed by atoms with van der Waals surface area (Å²) in [4.78, 5) is 15.7.